The number of hydrogen-bond donors (Lipinski definition) is 1. The Labute approximate surface area is 125 Å². The summed E-state index contributed by atoms with van der Waals surface area (Å²) in [7, 11) is 0. The first-order valence-corrected chi connectivity index (χ1v) is 8.80. The number of hydrogen-bond acceptors (Lipinski definition) is 3. The van der Waals surface area contributed by atoms with Gasteiger partial charge in [0.2, 0.25) is 0 Å². The van der Waals surface area contributed by atoms with Gasteiger partial charge in [0.05, 0.1) is 12.2 Å². The van der Waals surface area contributed by atoms with Crippen molar-refractivity contribution in [2.75, 3.05) is 32.7 Å². The largest absolute Gasteiger partial charge is 0.372 e. The van der Waals surface area contributed by atoms with Gasteiger partial charge in [-0.15, -0.1) is 0 Å². The first-order valence-electron chi connectivity index (χ1n) is 8.80. The molecule has 0 amide bonds. The minimum absolute atomic E-state index is 0.455. The van der Waals surface area contributed by atoms with Crippen LogP contribution < -0.4 is 5.32 Å². The van der Waals surface area contributed by atoms with Gasteiger partial charge in [-0.2, -0.15) is 0 Å². The third kappa shape index (κ3) is 4.19. The Balaban J connectivity index is 1.68. The molecule has 2 unspecified atom stereocenters. The monoisotopic (exact) mass is 282 g/mol. The Kier molecular flexibility index (Phi) is 6.31. The van der Waals surface area contributed by atoms with E-state index in [4.69, 9.17) is 4.74 Å². The highest BCUT2D eigenvalue weighted by molar-refractivity contribution is 4.89. The second-order valence-corrected chi connectivity index (χ2v) is 6.85. The number of likely N-dealkylation sites (tertiary alicyclic amines) is 1. The number of nitrogens with zero attached hydrogens (tertiary/aromatic N) is 1. The molecule has 20 heavy (non-hydrogen) atoms. The van der Waals surface area contributed by atoms with Crippen molar-refractivity contribution in [2.24, 2.45) is 5.41 Å². The molecule has 1 N–H and O–H groups in total. The summed E-state index contributed by atoms with van der Waals surface area (Å²) < 4.78 is 6.20. The second kappa shape index (κ2) is 7.77. The Hall–Kier alpha value is -0.120. The molecule has 3 heteroatoms. The maximum absolute atomic E-state index is 6.20. The molecule has 118 valence electrons. The van der Waals surface area contributed by atoms with Gasteiger partial charge in [0, 0.05) is 19.6 Å². The van der Waals surface area contributed by atoms with Gasteiger partial charge < -0.3 is 15.0 Å². The van der Waals surface area contributed by atoms with Crippen molar-refractivity contribution in [1.29, 1.82) is 0 Å². The molecule has 0 radical (unpaired) electrons. The molecule has 2 atom stereocenters. The summed E-state index contributed by atoms with van der Waals surface area (Å²) in [6.45, 7) is 12.8. The van der Waals surface area contributed by atoms with Crippen molar-refractivity contribution >= 4 is 0 Å². The van der Waals surface area contributed by atoms with Crippen LogP contribution in [0.15, 0.2) is 0 Å². The lowest BCUT2D eigenvalue weighted by Crippen LogP contribution is -2.34. The fourth-order valence-corrected chi connectivity index (χ4v) is 3.80. The molecule has 0 aromatic heterocycles. The Bertz CT molecular complexity index is 278. The lowest BCUT2D eigenvalue weighted by atomic mass is 9.82. The van der Waals surface area contributed by atoms with Crippen LogP contribution in [-0.2, 0) is 4.74 Å². The maximum Gasteiger partial charge on any atom is 0.0707 e. The Morgan fingerprint density at radius 2 is 1.90 bits per heavy atom. The van der Waals surface area contributed by atoms with Gasteiger partial charge in [-0.1, -0.05) is 20.8 Å². The van der Waals surface area contributed by atoms with Crippen molar-refractivity contribution in [2.45, 2.75) is 71.5 Å². The quantitative estimate of drug-likeness (QED) is 0.693. The van der Waals surface area contributed by atoms with Crippen molar-refractivity contribution < 1.29 is 4.74 Å². The van der Waals surface area contributed by atoms with E-state index in [1.54, 1.807) is 0 Å². The van der Waals surface area contributed by atoms with E-state index in [-0.39, 0.29) is 0 Å². The van der Waals surface area contributed by atoms with E-state index >= 15 is 0 Å². The SMILES string of the molecule is CCCNCC1CCC(CN2CCC(CC)(CC)C2)O1. The molecule has 2 heterocycles. The van der Waals surface area contributed by atoms with E-state index in [0.717, 1.165) is 19.6 Å². The van der Waals surface area contributed by atoms with E-state index in [1.165, 1.54) is 51.6 Å². The van der Waals surface area contributed by atoms with Crippen LogP contribution in [0.2, 0.25) is 0 Å². The van der Waals surface area contributed by atoms with Gasteiger partial charge in [-0.05, 0) is 57.0 Å². The van der Waals surface area contributed by atoms with Crippen LogP contribution in [0.5, 0.6) is 0 Å². The summed E-state index contributed by atoms with van der Waals surface area (Å²) in [6, 6.07) is 0. The summed E-state index contributed by atoms with van der Waals surface area (Å²) in [5, 5.41) is 3.48. The van der Waals surface area contributed by atoms with Crippen LogP contribution >= 0.6 is 0 Å². The predicted molar refractivity (Wildman–Crippen MR) is 85.1 cm³/mol. The normalized spacial score (nSPS) is 30.1. The third-order valence-electron chi connectivity index (χ3n) is 5.47. The molecule has 0 spiro atoms. The van der Waals surface area contributed by atoms with Crippen molar-refractivity contribution in [3.63, 3.8) is 0 Å². The topological polar surface area (TPSA) is 24.5 Å². The molecular formula is C17H34N2O. The lowest BCUT2D eigenvalue weighted by Gasteiger charge is -2.27. The average molecular weight is 282 g/mol. The van der Waals surface area contributed by atoms with Crippen molar-refractivity contribution in [3.8, 4) is 0 Å². The molecule has 0 saturated carbocycles. The van der Waals surface area contributed by atoms with Gasteiger partial charge >= 0.3 is 0 Å². The first kappa shape index (κ1) is 16.3. The predicted octanol–water partition coefficient (Wildman–Crippen LogP) is 3.05. The zero-order chi connectivity index (χ0) is 14.4. The van der Waals surface area contributed by atoms with Crippen LogP contribution in [0, 0.1) is 5.41 Å². The maximum atomic E-state index is 6.20. The number of nitrogens with one attached hydrogen (secondary N) is 1. The van der Waals surface area contributed by atoms with E-state index in [2.05, 4.69) is 31.0 Å². The van der Waals surface area contributed by atoms with Crippen LogP contribution in [0.25, 0.3) is 0 Å². The van der Waals surface area contributed by atoms with Gasteiger partial charge in [0.15, 0.2) is 0 Å². The highest BCUT2D eigenvalue weighted by Crippen LogP contribution is 2.37. The summed E-state index contributed by atoms with van der Waals surface area (Å²) in [6.07, 6.45) is 8.67. The summed E-state index contributed by atoms with van der Waals surface area (Å²) in [5.41, 5.74) is 0.598. The fraction of sp³-hybridized carbons (Fsp3) is 1.00. The summed E-state index contributed by atoms with van der Waals surface area (Å²) >= 11 is 0. The van der Waals surface area contributed by atoms with E-state index < -0.39 is 0 Å². The Morgan fingerprint density at radius 1 is 1.15 bits per heavy atom. The molecule has 0 bridgehead atoms. The van der Waals surface area contributed by atoms with Crippen LogP contribution in [-0.4, -0.2) is 49.8 Å². The van der Waals surface area contributed by atoms with Crippen LogP contribution in [0.1, 0.15) is 59.3 Å². The standard InChI is InChI=1S/C17H34N2O/c1-4-10-18-12-15-7-8-16(20-15)13-19-11-9-17(5-2,6-3)14-19/h15-16,18H,4-14H2,1-3H3. The minimum Gasteiger partial charge on any atom is -0.372 e. The number of rotatable bonds is 8. The first-order chi connectivity index (χ1) is 9.71. The molecule has 2 aliphatic heterocycles. The lowest BCUT2D eigenvalue weighted by molar-refractivity contribution is 0.0254. The average Bonchev–Trinajstić information content (AvgIpc) is 3.07. The fourth-order valence-electron chi connectivity index (χ4n) is 3.80. The third-order valence-corrected chi connectivity index (χ3v) is 5.47. The molecule has 3 nitrogen and oxygen atoms in total. The van der Waals surface area contributed by atoms with E-state index in [9.17, 15) is 0 Å². The smallest absolute Gasteiger partial charge is 0.0707 e. The van der Waals surface area contributed by atoms with Gasteiger partial charge in [-0.25, -0.2) is 0 Å². The molecule has 2 rings (SSSR count). The highest BCUT2D eigenvalue weighted by atomic mass is 16.5. The van der Waals surface area contributed by atoms with Crippen molar-refractivity contribution in [3.05, 3.63) is 0 Å². The zero-order valence-corrected chi connectivity index (χ0v) is 13.8. The minimum atomic E-state index is 0.455. The van der Waals surface area contributed by atoms with E-state index in [0.29, 0.717) is 17.6 Å². The van der Waals surface area contributed by atoms with Gasteiger partial charge in [0.25, 0.3) is 0 Å². The summed E-state index contributed by atoms with van der Waals surface area (Å²) in [4.78, 5) is 2.65. The van der Waals surface area contributed by atoms with Gasteiger partial charge in [-0.3, -0.25) is 0 Å². The highest BCUT2D eigenvalue weighted by Gasteiger charge is 2.36. The van der Waals surface area contributed by atoms with Gasteiger partial charge in [0.1, 0.15) is 0 Å². The van der Waals surface area contributed by atoms with Crippen LogP contribution in [0.3, 0.4) is 0 Å². The van der Waals surface area contributed by atoms with Crippen LogP contribution in [0.4, 0.5) is 0 Å². The molecule has 0 aliphatic carbocycles. The zero-order valence-electron chi connectivity index (χ0n) is 13.8. The summed E-state index contributed by atoms with van der Waals surface area (Å²) in [5.74, 6) is 0. The molecule has 0 aromatic rings. The molecule has 2 fully saturated rings. The number of ether oxygens (including phenoxy) is 1. The van der Waals surface area contributed by atoms with E-state index in [1.807, 2.05) is 0 Å². The second-order valence-electron chi connectivity index (χ2n) is 6.85. The molecule has 2 saturated heterocycles. The van der Waals surface area contributed by atoms with Crippen molar-refractivity contribution in [1.82, 2.24) is 10.2 Å². The molecule has 2 aliphatic rings. The molecule has 0 aromatic carbocycles. The Morgan fingerprint density at radius 3 is 2.55 bits per heavy atom. The molecular weight excluding hydrogens is 248 g/mol.